The molecule has 134 valence electrons. The third kappa shape index (κ3) is 5.55. The van der Waals surface area contributed by atoms with Gasteiger partial charge in [-0.15, -0.1) is 0 Å². The lowest BCUT2D eigenvalue weighted by Gasteiger charge is -2.18. The molecule has 0 aliphatic rings. The molecule has 3 aromatic rings. The minimum Gasteiger partial charge on any atom is -0.336 e. The van der Waals surface area contributed by atoms with Gasteiger partial charge >= 0.3 is 0 Å². The van der Waals surface area contributed by atoms with Gasteiger partial charge in [0.25, 0.3) is 0 Å². The number of imidazole rings is 1. The van der Waals surface area contributed by atoms with Gasteiger partial charge in [0.2, 0.25) is 4.45 Å². The van der Waals surface area contributed by atoms with Crippen molar-refractivity contribution >= 4 is 51.2 Å². The number of rotatable bonds is 6. The Hall–Kier alpha value is -1.40. The SMILES string of the molecule is O=C(SCc1ccccc1)SC(Cn1ccnc1)c1ccc(Cl)cc1Cl. The van der Waals surface area contributed by atoms with Crippen LogP contribution >= 0.6 is 46.7 Å². The minimum absolute atomic E-state index is 0.0602. The average Bonchev–Trinajstić information content (AvgIpc) is 3.13. The van der Waals surface area contributed by atoms with E-state index in [-0.39, 0.29) is 9.70 Å². The summed E-state index contributed by atoms with van der Waals surface area (Å²) >= 11 is 15.0. The Kier molecular flexibility index (Phi) is 7.08. The van der Waals surface area contributed by atoms with Crippen LogP contribution in [0.5, 0.6) is 0 Å². The number of carbonyl (C=O) groups is 1. The van der Waals surface area contributed by atoms with Crippen LogP contribution in [0.15, 0.2) is 67.3 Å². The van der Waals surface area contributed by atoms with Crippen LogP contribution < -0.4 is 0 Å². The van der Waals surface area contributed by atoms with Crippen molar-refractivity contribution < 1.29 is 4.79 Å². The first kappa shape index (κ1) is 19.4. The van der Waals surface area contributed by atoms with Crippen LogP contribution in [-0.2, 0) is 12.3 Å². The fourth-order valence-electron chi connectivity index (χ4n) is 2.41. The van der Waals surface area contributed by atoms with Crippen LogP contribution in [0.25, 0.3) is 0 Å². The summed E-state index contributed by atoms with van der Waals surface area (Å²) in [4.78, 5) is 16.6. The van der Waals surface area contributed by atoms with Crippen LogP contribution in [0.1, 0.15) is 16.4 Å². The highest BCUT2D eigenvalue weighted by molar-refractivity contribution is 8.38. The minimum atomic E-state index is -0.121. The Morgan fingerprint density at radius 3 is 2.65 bits per heavy atom. The van der Waals surface area contributed by atoms with Crippen molar-refractivity contribution in [2.75, 3.05) is 0 Å². The zero-order valence-corrected chi connectivity index (χ0v) is 16.9. The normalized spacial score (nSPS) is 12.1. The molecule has 0 aliphatic heterocycles. The van der Waals surface area contributed by atoms with Crippen molar-refractivity contribution in [3.05, 3.63) is 88.4 Å². The molecule has 0 N–H and O–H groups in total. The smallest absolute Gasteiger partial charge is 0.247 e. The number of thioether (sulfide) groups is 2. The van der Waals surface area contributed by atoms with Gasteiger partial charge in [-0.3, -0.25) is 4.79 Å². The molecule has 0 spiro atoms. The molecule has 0 aliphatic carbocycles. The maximum Gasteiger partial charge on any atom is 0.247 e. The molecule has 0 saturated heterocycles. The van der Waals surface area contributed by atoms with Crippen molar-refractivity contribution in [1.82, 2.24) is 9.55 Å². The summed E-state index contributed by atoms with van der Waals surface area (Å²) < 4.78 is 2.00. The number of carbonyl (C=O) groups excluding carboxylic acids is 1. The van der Waals surface area contributed by atoms with E-state index in [0.717, 1.165) is 11.1 Å². The van der Waals surface area contributed by atoms with Crippen molar-refractivity contribution in [3.63, 3.8) is 0 Å². The van der Waals surface area contributed by atoms with Crippen LogP contribution in [0.2, 0.25) is 10.0 Å². The van der Waals surface area contributed by atoms with E-state index in [1.165, 1.54) is 23.5 Å². The lowest BCUT2D eigenvalue weighted by atomic mass is 10.1. The summed E-state index contributed by atoms with van der Waals surface area (Å²) in [7, 11) is 0. The summed E-state index contributed by atoms with van der Waals surface area (Å²) in [5.41, 5.74) is 2.02. The highest BCUT2D eigenvalue weighted by atomic mass is 35.5. The van der Waals surface area contributed by atoms with Gasteiger partial charge in [-0.2, -0.15) is 0 Å². The first-order valence-corrected chi connectivity index (χ1v) is 10.5. The largest absolute Gasteiger partial charge is 0.336 e. The van der Waals surface area contributed by atoms with Gasteiger partial charge in [-0.05, 0) is 23.3 Å². The van der Waals surface area contributed by atoms with Gasteiger partial charge in [-0.1, -0.05) is 83.1 Å². The average molecular weight is 423 g/mol. The van der Waals surface area contributed by atoms with E-state index < -0.39 is 0 Å². The highest BCUT2D eigenvalue weighted by Gasteiger charge is 2.21. The Bertz CT molecular complexity index is 857. The molecule has 0 bridgehead atoms. The van der Waals surface area contributed by atoms with Crippen LogP contribution in [-0.4, -0.2) is 14.0 Å². The van der Waals surface area contributed by atoms with Gasteiger partial charge in [0.1, 0.15) is 0 Å². The summed E-state index contributed by atoms with van der Waals surface area (Å²) in [6, 6.07) is 15.3. The van der Waals surface area contributed by atoms with E-state index in [1.54, 1.807) is 24.7 Å². The van der Waals surface area contributed by atoms with Crippen LogP contribution in [0.4, 0.5) is 4.79 Å². The summed E-state index contributed by atoms with van der Waals surface area (Å²) in [6.07, 6.45) is 5.33. The number of hydrogen-bond acceptors (Lipinski definition) is 4. The topological polar surface area (TPSA) is 34.9 Å². The second-order valence-corrected chi connectivity index (χ2v) is 8.78. The summed E-state index contributed by atoms with van der Waals surface area (Å²) in [6.45, 7) is 0.601. The molecule has 1 aromatic heterocycles. The van der Waals surface area contributed by atoms with E-state index in [2.05, 4.69) is 4.98 Å². The van der Waals surface area contributed by atoms with Crippen LogP contribution in [0.3, 0.4) is 0 Å². The predicted octanol–water partition coefficient (Wildman–Crippen LogP) is 6.72. The van der Waals surface area contributed by atoms with Crippen molar-refractivity contribution in [2.45, 2.75) is 17.5 Å². The summed E-state index contributed by atoms with van der Waals surface area (Å²) in [5.74, 6) is 0.652. The second-order valence-electron chi connectivity index (χ2n) is 5.56. The fraction of sp³-hybridized carbons (Fsp3) is 0.158. The standard InChI is InChI=1S/C19H16Cl2N2OS2/c20-15-6-7-16(17(21)10-15)18(11-23-9-8-22-13-23)26-19(24)25-12-14-4-2-1-3-5-14/h1-10,13,18H,11-12H2. The number of nitrogens with zero attached hydrogens (tertiary/aromatic N) is 2. The number of benzene rings is 2. The molecule has 0 amide bonds. The zero-order chi connectivity index (χ0) is 18.4. The molecule has 1 atom stereocenters. The zero-order valence-electron chi connectivity index (χ0n) is 13.7. The molecule has 7 heteroatoms. The lowest BCUT2D eigenvalue weighted by Crippen LogP contribution is -2.07. The Morgan fingerprint density at radius 2 is 1.96 bits per heavy atom. The molecule has 0 saturated carbocycles. The van der Waals surface area contributed by atoms with Crippen LogP contribution in [0, 0.1) is 0 Å². The maximum atomic E-state index is 12.5. The van der Waals surface area contributed by atoms with Gasteiger partial charge in [0, 0.05) is 34.7 Å². The monoisotopic (exact) mass is 422 g/mol. The van der Waals surface area contributed by atoms with E-state index in [1.807, 2.05) is 47.2 Å². The molecular formula is C19H16Cl2N2OS2. The lowest BCUT2D eigenvalue weighted by molar-refractivity contribution is 0.276. The fourth-order valence-corrected chi connectivity index (χ4v) is 5.11. The van der Waals surface area contributed by atoms with E-state index in [9.17, 15) is 4.79 Å². The molecular weight excluding hydrogens is 407 g/mol. The highest BCUT2D eigenvalue weighted by Crippen LogP contribution is 2.39. The maximum absolute atomic E-state index is 12.5. The molecule has 0 radical (unpaired) electrons. The van der Waals surface area contributed by atoms with Gasteiger partial charge in [-0.25, -0.2) is 4.98 Å². The number of aromatic nitrogens is 2. The molecule has 26 heavy (non-hydrogen) atoms. The molecule has 3 rings (SSSR count). The third-order valence-electron chi connectivity index (χ3n) is 3.68. The summed E-state index contributed by atoms with van der Waals surface area (Å²) in [5, 5.41) is 1.02. The van der Waals surface area contributed by atoms with E-state index in [0.29, 0.717) is 22.3 Å². The second kappa shape index (κ2) is 9.51. The predicted molar refractivity (Wildman–Crippen MR) is 112 cm³/mol. The third-order valence-corrected chi connectivity index (χ3v) is 6.48. The van der Waals surface area contributed by atoms with Crippen molar-refractivity contribution in [1.29, 1.82) is 0 Å². The van der Waals surface area contributed by atoms with Crippen molar-refractivity contribution in [2.24, 2.45) is 0 Å². The number of hydrogen-bond donors (Lipinski definition) is 0. The van der Waals surface area contributed by atoms with Gasteiger partial charge < -0.3 is 4.57 Å². The Labute approximate surface area is 171 Å². The van der Waals surface area contributed by atoms with Gasteiger partial charge in [0.15, 0.2) is 0 Å². The quantitative estimate of drug-likeness (QED) is 0.441. The van der Waals surface area contributed by atoms with Crippen molar-refractivity contribution in [3.8, 4) is 0 Å². The Balaban J connectivity index is 1.71. The van der Waals surface area contributed by atoms with Gasteiger partial charge in [0.05, 0.1) is 11.6 Å². The molecule has 2 aromatic carbocycles. The molecule has 3 nitrogen and oxygen atoms in total. The van der Waals surface area contributed by atoms with E-state index in [4.69, 9.17) is 23.2 Å². The first-order valence-electron chi connectivity index (χ1n) is 7.90. The molecule has 1 unspecified atom stereocenters. The Morgan fingerprint density at radius 1 is 1.15 bits per heavy atom. The molecule has 0 fully saturated rings. The number of halogens is 2. The van der Waals surface area contributed by atoms with E-state index >= 15 is 0 Å². The first-order chi connectivity index (χ1) is 12.6. The molecule has 1 heterocycles.